The standard InChI is InChI=1S/C14H14Cl2N4O4/c15-6-3-8-9(4-7(6)16)20(14(19-8)18-2-1-17)13-12(23)11(22)10(5-21)24-13/h3-4,10-13,21-23H,2,5H2,(H,18,19)/t10-,11-,12-,13-/m0/s1. The van der Waals surface area contributed by atoms with Crippen molar-refractivity contribution < 1.29 is 20.1 Å². The second-order valence-electron chi connectivity index (χ2n) is 5.30. The van der Waals surface area contributed by atoms with E-state index in [9.17, 15) is 15.3 Å². The number of nitrogens with one attached hydrogen (secondary N) is 1. The van der Waals surface area contributed by atoms with Gasteiger partial charge in [0.15, 0.2) is 6.23 Å². The van der Waals surface area contributed by atoms with E-state index in [1.807, 2.05) is 6.07 Å². The number of aliphatic hydroxyl groups excluding tert-OH is 3. The van der Waals surface area contributed by atoms with E-state index >= 15 is 0 Å². The summed E-state index contributed by atoms with van der Waals surface area (Å²) < 4.78 is 7.04. The molecule has 1 saturated heterocycles. The molecule has 10 heteroatoms. The normalized spacial score (nSPS) is 26.7. The van der Waals surface area contributed by atoms with Crippen molar-refractivity contribution >= 4 is 40.2 Å². The quantitative estimate of drug-likeness (QED) is 0.587. The maximum Gasteiger partial charge on any atom is 0.206 e. The molecular formula is C14H14Cl2N4O4. The van der Waals surface area contributed by atoms with Crippen LogP contribution in [-0.2, 0) is 4.74 Å². The third-order valence-electron chi connectivity index (χ3n) is 3.83. The van der Waals surface area contributed by atoms with Gasteiger partial charge in [-0.3, -0.25) is 4.57 Å². The van der Waals surface area contributed by atoms with Crippen molar-refractivity contribution in [2.45, 2.75) is 24.5 Å². The van der Waals surface area contributed by atoms with Gasteiger partial charge in [-0.15, -0.1) is 0 Å². The second kappa shape index (κ2) is 6.72. The molecule has 128 valence electrons. The van der Waals surface area contributed by atoms with E-state index in [0.717, 1.165) is 0 Å². The van der Waals surface area contributed by atoms with E-state index in [1.54, 1.807) is 12.1 Å². The lowest BCUT2D eigenvalue weighted by Crippen LogP contribution is -2.33. The van der Waals surface area contributed by atoms with E-state index in [2.05, 4.69) is 10.3 Å². The highest BCUT2D eigenvalue weighted by Crippen LogP contribution is 2.37. The SMILES string of the molecule is N#CCNc1nc2cc(Cl)c(Cl)cc2n1[C@H]1O[C@@H](CO)[C@H](O)[C@@H]1O. The van der Waals surface area contributed by atoms with E-state index < -0.39 is 31.1 Å². The Labute approximate surface area is 146 Å². The summed E-state index contributed by atoms with van der Waals surface area (Å²) in [6, 6.07) is 5.04. The van der Waals surface area contributed by atoms with Crippen molar-refractivity contribution in [1.29, 1.82) is 5.26 Å². The number of benzene rings is 1. The lowest BCUT2D eigenvalue weighted by atomic mass is 10.1. The van der Waals surface area contributed by atoms with Crippen LogP contribution in [0.5, 0.6) is 0 Å². The predicted molar refractivity (Wildman–Crippen MR) is 86.9 cm³/mol. The number of imidazole rings is 1. The molecule has 1 aromatic heterocycles. The van der Waals surface area contributed by atoms with Crippen molar-refractivity contribution in [3.05, 3.63) is 22.2 Å². The average Bonchev–Trinajstić information content (AvgIpc) is 3.04. The van der Waals surface area contributed by atoms with Crippen molar-refractivity contribution in [1.82, 2.24) is 9.55 Å². The van der Waals surface area contributed by atoms with Crippen molar-refractivity contribution in [3.63, 3.8) is 0 Å². The summed E-state index contributed by atoms with van der Waals surface area (Å²) in [7, 11) is 0. The first-order chi connectivity index (χ1) is 11.5. The Hall–Kier alpha value is -1.60. The Morgan fingerprint density at radius 3 is 2.62 bits per heavy atom. The van der Waals surface area contributed by atoms with Crippen LogP contribution in [0.3, 0.4) is 0 Å². The summed E-state index contributed by atoms with van der Waals surface area (Å²) in [5, 5.41) is 41.7. The molecule has 0 spiro atoms. The first-order valence-corrected chi connectivity index (χ1v) is 7.83. The highest BCUT2D eigenvalue weighted by Gasteiger charge is 2.44. The van der Waals surface area contributed by atoms with Crippen LogP contribution in [0.1, 0.15) is 6.23 Å². The number of aromatic nitrogens is 2. The summed E-state index contributed by atoms with van der Waals surface area (Å²) >= 11 is 12.1. The first kappa shape index (κ1) is 17.2. The maximum atomic E-state index is 10.3. The number of anilines is 1. The van der Waals surface area contributed by atoms with Gasteiger partial charge in [0.25, 0.3) is 0 Å². The molecule has 1 fully saturated rings. The number of rotatable bonds is 4. The first-order valence-electron chi connectivity index (χ1n) is 7.08. The van der Waals surface area contributed by atoms with Crippen LogP contribution in [0.15, 0.2) is 12.1 Å². The van der Waals surface area contributed by atoms with Gasteiger partial charge in [0, 0.05) is 0 Å². The lowest BCUT2D eigenvalue weighted by Gasteiger charge is -2.20. The number of fused-ring (bicyclic) bond motifs is 1. The minimum Gasteiger partial charge on any atom is -0.394 e. The van der Waals surface area contributed by atoms with Crippen molar-refractivity contribution in [2.24, 2.45) is 0 Å². The van der Waals surface area contributed by atoms with Gasteiger partial charge in [-0.05, 0) is 12.1 Å². The zero-order valence-electron chi connectivity index (χ0n) is 12.2. The zero-order valence-corrected chi connectivity index (χ0v) is 13.7. The molecule has 1 aromatic carbocycles. The fraction of sp³-hybridized carbons (Fsp3) is 0.429. The highest BCUT2D eigenvalue weighted by atomic mass is 35.5. The number of aliphatic hydroxyl groups is 3. The van der Waals surface area contributed by atoms with Crippen LogP contribution in [0.2, 0.25) is 10.0 Å². The molecule has 1 aliphatic rings. The number of hydrogen-bond donors (Lipinski definition) is 4. The van der Waals surface area contributed by atoms with Gasteiger partial charge in [-0.1, -0.05) is 23.2 Å². The molecule has 0 aliphatic carbocycles. The van der Waals surface area contributed by atoms with Crippen molar-refractivity contribution in [3.8, 4) is 6.07 Å². The van der Waals surface area contributed by atoms with Crippen molar-refractivity contribution in [2.75, 3.05) is 18.5 Å². The van der Waals surface area contributed by atoms with Gasteiger partial charge in [0.2, 0.25) is 5.95 Å². The van der Waals surface area contributed by atoms with E-state index in [0.29, 0.717) is 16.1 Å². The zero-order chi connectivity index (χ0) is 17.4. The lowest BCUT2D eigenvalue weighted by molar-refractivity contribution is -0.0499. The number of hydrogen-bond acceptors (Lipinski definition) is 7. The number of nitrogens with zero attached hydrogens (tertiary/aromatic N) is 3. The molecule has 2 heterocycles. The van der Waals surface area contributed by atoms with Crippen LogP contribution in [0.25, 0.3) is 11.0 Å². The molecule has 0 saturated carbocycles. The summed E-state index contributed by atoms with van der Waals surface area (Å²) in [6.07, 6.45) is -4.50. The summed E-state index contributed by atoms with van der Waals surface area (Å²) in [6.45, 7) is -0.478. The number of halogens is 2. The summed E-state index contributed by atoms with van der Waals surface area (Å²) in [5.74, 6) is 0.250. The summed E-state index contributed by atoms with van der Waals surface area (Å²) in [5.41, 5.74) is 0.974. The molecule has 2 aromatic rings. The second-order valence-corrected chi connectivity index (χ2v) is 6.12. The average molecular weight is 373 g/mol. The van der Waals surface area contributed by atoms with Crippen LogP contribution in [0.4, 0.5) is 5.95 Å². The molecule has 4 atom stereocenters. The molecule has 0 bridgehead atoms. The molecule has 0 amide bonds. The minimum absolute atomic E-state index is 0.0282. The third kappa shape index (κ3) is 2.80. The number of nitriles is 1. The molecule has 24 heavy (non-hydrogen) atoms. The van der Waals surface area contributed by atoms with Gasteiger partial charge in [-0.25, -0.2) is 4.98 Å². The summed E-state index contributed by atoms with van der Waals surface area (Å²) in [4.78, 5) is 4.33. The Kier molecular flexibility index (Phi) is 4.83. The predicted octanol–water partition coefficient (Wildman–Crippen LogP) is 0.890. The number of ether oxygens (including phenoxy) is 1. The van der Waals surface area contributed by atoms with Crippen LogP contribution in [0, 0.1) is 11.3 Å². The monoisotopic (exact) mass is 372 g/mol. The van der Waals surface area contributed by atoms with Gasteiger partial charge < -0.3 is 25.4 Å². The molecular weight excluding hydrogens is 359 g/mol. The molecule has 8 nitrogen and oxygen atoms in total. The molecule has 3 rings (SSSR count). The Bertz CT molecular complexity index is 806. The topological polar surface area (TPSA) is 124 Å². The van der Waals surface area contributed by atoms with Gasteiger partial charge in [0.1, 0.15) is 24.9 Å². The molecule has 1 aliphatic heterocycles. The van der Waals surface area contributed by atoms with E-state index in [-0.39, 0.29) is 17.5 Å². The van der Waals surface area contributed by atoms with Crippen LogP contribution >= 0.6 is 23.2 Å². The maximum absolute atomic E-state index is 10.3. The highest BCUT2D eigenvalue weighted by molar-refractivity contribution is 6.42. The van der Waals surface area contributed by atoms with Gasteiger partial charge in [0.05, 0.1) is 33.8 Å². The van der Waals surface area contributed by atoms with E-state index in [1.165, 1.54) is 4.57 Å². The van der Waals surface area contributed by atoms with Crippen LogP contribution < -0.4 is 5.32 Å². The Morgan fingerprint density at radius 2 is 2.00 bits per heavy atom. The Morgan fingerprint density at radius 1 is 1.29 bits per heavy atom. The minimum atomic E-state index is -1.29. The fourth-order valence-corrected chi connectivity index (χ4v) is 3.00. The van der Waals surface area contributed by atoms with Gasteiger partial charge in [-0.2, -0.15) is 5.26 Å². The molecule has 4 N–H and O–H groups in total. The third-order valence-corrected chi connectivity index (χ3v) is 4.55. The smallest absolute Gasteiger partial charge is 0.206 e. The van der Waals surface area contributed by atoms with E-state index in [4.69, 9.17) is 33.2 Å². The molecule has 0 unspecified atom stereocenters. The van der Waals surface area contributed by atoms with Gasteiger partial charge >= 0.3 is 0 Å². The molecule has 0 radical (unpaired) electrons. The van der Waals surface area contributed by atoms with Crippen LogP contribution in [-0.4, -0.2) is 56.3 Å². The fourth-order valence-electron chi connectivity index (χ4n) is 2.68. The largest absolute Gasteiger partial charge is 0.394 e. The Balaban J connectivity index is 2.14.